The molecule has 7 atom stereocenters. The maximum atomic E-state index is 12.6. The number of allylic oxidation sites excluding steroid dienone is 2. The summed E-state index contributed by atoms with van der Waals surface area (Å²) in [6, 6.07) is 3.43. The number of fused-ring (bicyclic) bond motifs is 5. The van der Waals surface area contributed by atoms with Gasteiger partial charge in [0.25, 0.3) is 0 Å². The zero-order valence-electron chi connectivity index (χ0n) is 21.3. The van der Waals surface area contributed by atoms with Crippen LogP contribution in [-0.4, -0.2) is 23.9 Å². The molecule has 4 aliphatic rings. The summed E-state index contributed by atoms with van der Waals surface area (Å²) in [4.78, 5) is 11.6. The van der Waals surface area contributed by atoms with Gasteiger partial charge in [0.15, 0.2) is 0 Å². The van der Waals surface area contributed by atoms with E-state index in [2.05, 4.69) is 59.8 Å². The lowest BCUT2D eigenvalue weighted by Crippen LogP contribution is -2.59. The summed E-state index contributed by atoms with van der Waals surface area (Å²) in [5, 5.41) is 12.6. The van der Waals surface area contributed by atoms with Crippen molar-refractivity contribution >= 4 is 0 Å². The Morgan fingerprint density at radius 3 is 2.48 bits per heavy atom. The molecular formula is C29H40O4. The van der Waals surface area contributed by atoms with Crippen LogP contribution in [0.25, 0.3) is 0 Å². The first-order chi connectivity index (χ1) is 15.3. The van der Waals surface area contributed by atoms with Gasteiger partial charge in [0.05, 0.1) is 18.0 Å². The molecule has 0 bridgehead atoms. The molecule has 0 unspecified atom stereocenters. The zero-order valence-corrected chi connectivity index (χ0v) is 21.3. The highest BCUT2D eigenvalue weighted by Crippen LogP contribution is 2.73. The Kier molecular flexibility index (Phi) is 4.86. The molecule has 1 N–H and O–H groups in total. The van der Waals surface area contributed by atoms with Gasteiger partial charge in [0.2, 0.25) is 0 Å². The number of rotatable bonds is 2. The van der Waals surface area contributed by atoms with Crippen molar-refractivity contribution in [2.45, 2.75) is 84.8 Å². The second-order valence-corrected chi connectivity index (χ2v) is 13.0. The fourth-order valence-corrected chi connectivity index (χ4v) is 9.25. The number of hydrogen-bond donors (Lipinski definition) is 1. The van der Waals surface area contributed by atoms with Crippen LogP contribution < -0.4 is 5.63 Å². The third-order valence-electron chi connectivity index (χ3n) is 10.5. The van der Waals surface area contributed by atoms with Crippen LogP contribution in [-0.2, 0) is 4.74 Å². The fraction of sp³-hybridized carbons (Fsp3) is 0.690. The number of aliphatic hydroxyl groups is 1. The summed E-state index contributed by atoms with van der Waals surface area (Å²) in [5.74, 6) is 0.907. The Morgan fingerprint density at radius 2 is 1.85 bits per heavy atom. The van der Waals surface area contributed by atoms with Gasteiger partial charge in [-0.15, -0.1) is 0 Å². The molecule has 4 heteroatoms. The molecule has 2 fully saturated rings. The molecule has 0 saturated heterocycles. The zero-order chi connectivity index (χ0) is 24.0. The highest BCUT2D eigenvalue weighted by atomic mass is 16.5. The van der Waals surface area contributed by atoms with Crippen LogP contribution in [0.3, 0.4) is 0 Å². The molecule has 180 valence electrons. The molecule has 2 saturated carbocycles. The molecule has 1 aromatic rings. The summed E-state index contributed by atoms with van der Waals surface area (Å²) in [7, 11) is 1.81. The molecule has 33 heavy (non-hydrogen) atoms. The van der Waals surface area contributed by atoms with Crippen LogP contribution in [0.1, 0.15) is 78.7 Å². The summed E-state index contributed by atoms with van der Waals surface area (Å²) < 4.78 is 11.1. The predicted octanol–water partition coefficient (Wildman–Crippen LogP) is 5.86. The van der Waals surface area contributed by atoms with Crippen LogP contribution in [0.4, 0.5) is 0 Å². The molecule has 0 amide bonds. The fourth-order valence-electron chi connectivity index (χ4n) is 9.25. The molecule has 5 rings (SSSR count). The van der Waals surface area contributed by atoms with Gasteiger partial charge in [-0.05, 0) is 71.0 Å². The minimum atomic E-state index is -0.871. The van der Waals surface area contributed by atoms with Gasteiger partial charge in [-0.25, -0.2) is 4.79 Å². The van der Waals surface area contributed by atoms with Crippen LogP contribution in [0.5, 0.6) is 0 Å². The second kappa shape index (κ2) is 6.95. The Hall–Kier alpha value is -1.65. The highest BCUT2D eigenvalue weighted by Gasteiger charge is 2.70. The van der Waals surface area contributed by atoms with Gasteiger partial charge >= 0.3 is 5.63 Å². The Bertz CT molecular complexity index is 1060. The van der Waals surface area contributed by atoms with Gasteiger partial charge in [-0.3, -0.25) is 0 Å². The van der Waals surface area contributed by atoms with E-state index in [0.717, 1.165) is 31.2 Å². The average Bonchev–Trinajstić information content (AvgIpc) is 2.89. The summed E-state index contributed by atoms with van der Waals surface area (Å²) in [6.07, 6.45) is 12.5. The van der Waals surface area contributed by atoms with Crippen molar-refractivity contribution in [2.24, 2.45) is 33.5 Å². The van der Waals surface area contributed by atoms with Crippen molar-refractivity contribution in [3.05, 3.63) is 58.2 Å². The highest BCUT2D eigenvalue weighted by molar-refractivity contribution is 5.42. The monoisotopic (exact) mass is 452 g/mol. The van der Waals surface area contributed by atoms with E-state index >= 15 is 0 Å². The van der Waals surface area contributed by atoms with Crippen LogP contribution in [0.2, 0.25) is 0 Å². The average molecular weight is 453 g/mol. The molecule has 4 aliphatic carbocycles. The van der Waals surface area contributed by atoms with Gasteiger partial charge < -0.3 is 14.3 Å². The van der Waals surface area contributed by atoms with Gasteiger partial charge in [-0.1, -0.05) is 59.8 Å². The molecule has 0 spiro atoms. The van der Waals surface area contributed by atoms with Crippen molar-refractivity contribution in [1.82, 2.24) is 0 Å². The first-order valence-corrected chi connectivity index (χ1v) is 12.5. The largest absolute Gasteiger partial charge is 0.431 e. The van der Waals surface area contributed by atoms with Crippen molar-refractivity contribution < 1.29 is 14.3 Å². The topological polar surface area (TPSA) is 59.7 Å². The SMILES string of the molecule is CO[C@H]1C=C[C@]2(C)[C@H]3CC[C@]4(C)[C@@H](c5ccc(=O)oc5)C(C)(C)C[C@]4(O)C3=CC[C@H]2C1(C)C. The van der Waals surface area contributed by atoms with E-state index in [4.69, 9.17) is 9.15 Å². The lowest BCUT2D eigenvalue weighted by molar-refractivity contribution is -0.105. The maximum absolute atomic E-state index is 12.6. The summed E-state index contributed by atoms with van der Waals surface area (Å²) in [6.45, 7) is 13.9. The normalized spacial score (nSPS) is 45.0. The molecule has 0 aliphatic heterocycles. The van der Waals surface area contributed by atoms with Crippen molar-refractivity contribution in [3.63, 3.8) is 0 Å². The third-order valence-corrected chi connectivity index (χ3v) is 10.5. The van der Waals surface area contributed by atoms with E-state index in [9.17, 15) is 9.90 Å². The van der Waals surface area contributed by atoms with E-state index in [0.29, 0.717) is 11.8 Å². The smallest absolute Gasteiger partial charge is 0.335 e. The van der Waals surface area contributed by atoms with E-state index in [1.165, 1.54) is 11.6 Å². The minimum absolute atomic E-state index is 0.00143. The Morgan fingerprint density at radius 1 is 1.12 bits per heavy atom. The first-order valence-electron chi connectivity index (χ1n) is 12.5. The molecule has 1 aromatic heterocycles. The molecule has 0 aromatic carbocycles. The van der Waals surface area contributed by atoms with Gasteiger partial charge in [0.1, 0.15) is 0 Å². The second-order valence-electron chi connectivity index (χ2n) is 13.0. The Labute approximate surface area is 198 Å². The molecule has 4 nitrogen and oxygen atoms in total. The third kappa shape index (κ3) is 2.86. The van der Waals surface area contributed by atoms with Crippen LogP contribution in [0.15, 0.2) is 51.4 Å². The lowest BCUT2D eigenvalue weighted by Gasteiger charge is -2.61. The van der Waals surface area contributed by atoms with Crippen molar-refractivity contribution in [2.75, 3.05) is 7.11 Å². The van der Waals surface area contributed by atoms with E-state index in [1.54, 1.807) is 6.26 Å². The van der Waals surface area contributed by atoms with Crippen molar-refractivity contribution in [1.29, 1.82) is 0 Å². The minimum Gasteiger partial charge on any atom is -0.431 e. The van der Waals surface area contributed by atoms with Crippen LogP contribution >= 0.6 is 0 Å². The number of methoxy groups -OCH3 is 1. The molecule has 1 heterocycles. The Balaban J connectivity index is 1.61. The lowest BCUT2D eigenvalue weighted by atomic mass is 9.44. The van der Waals surface area contributed by atoms with Gasteiger partial charge in [0, 0.05) is 24.5 Å². The van der Waals surface area contributed by atoms with Gasteiger partial charge in [-0.2, -0.15) is 0 Å². The molecular weight excluding hydrogens is 412 g/mol. The summed E-state index contributed by atoms with van der Waals surface area (Å²) >= 11 is 0. The predicted molar refractivity (Wildman–Crippen MR) is 130 cm³/mol. The standard InChI is InChI=1S/C29H40O4/c1-25(2)17-29(31)20-9-10-21-26(3,4)22(32-7)13-14-27(21,5)19(20)12-15-28(29,6)24(25)18-8-11-23(30)33-16-18/h8-9,11,13-14,16,19,21-22,24,31H,10,12,15,17H2,1-7H3/t19-,21-,22-,24-,27+,28+,29-/m0/s1. The number of ether oxygens (including phenoxy) is 1. The van der Waals surface area contributed by atoms with Crippen molar-refractivity contribution in [3.8, 4) is 0 Å². The number of hydrogen-bond acceptors (Lipinski definition) is 4. The summed E-state index contributed by atoms with van der Waals surface area (Å²) in [5.41, 5.74) is 0.672. The first kappa shape index (κ1) is 23.1. The quantitative estimate of drug-likeness (QED) is 0.571. The maximum Gasteiger partial charge on any atom is 0.335 e. The molecule has 0 radical (unpaired) electrons. The van der Waals surface area contributed by atoms with Crippen LogP contribution in [0, 0.1) is 33.5 Å². The van der Waals surface area contributed by atoms with E-state index in [1.807, 2.05) is 13.2 Å². The van der Waals surface area contributed by atoms with E-state index < -0.39 is 5.60 Å². The van der Waals surface area contributed by atoms with E-state index in [-0.39, 0.29) is 39.3 Å².